The van der Waals surface area contributed by atoms with Gasteiger partial charge in [0.25, 0.3) is 0 Å². The highest BCUT2D eigenvalue weighted by Gasteiger charge is 2.35. The summed E-state index contributed by atoms with van der Waals surface area (Å²) in [5, 5.41) is 6.68. The Hall–Kier alpha value is -8.19. The summed E-state index contributed by atoms with van der Waals surface area (Å²) in [6.45, 7) is 4.60. The van der Waals surface area contributed by atoms with Crippen molar-refractivity contribution in [2.24, 2.45) is 0 Å². The third-order valence-electron chi connectivity index (χ3n) is 13.8. The maximum atomic E-state index is 6.80. The van der Waals surface area contributed by atoms with Gasteiger partial charge in [-0.15, -0.1) is 11.3 Å². The summed E-state index contributed by atoms with van der Waals surface area (Å²) < 4.78 is 16.0. The van der Waals surface area contributed by atoms with E-state index >= 15 is 0 Å². The lowest BCUT2D eigenvalue weighted by molar-refractivity contribution is 0.660. The van der Waals surface area contributed by atoms with Crippen LogP contribution in [0.3, 0.4) is 0 Å². The molecule has 0 amide bonds. The number of nitrogens with zero attached hydrogens (tertiary/aromatic N) is 3. The zero-order chi connectivity index (χ0) is 43.7. The van der Waals surface area contributed by atoms with Crippen LogP contribution >= 0.6 is 11.3 Å². The molecule has 13 aromatic rings. The van der Waals surface area contributed by atoms with Crippen LogP contribution in [0.1, 0.15) is 25.0 Å². The van der Waals surface area contributed by atoms with Crippen LogP contribution in [-0.4, -0.2) is 15.0 Å². The SMILES string of the molecule is CC1(C)c2ccccc2-c2ccc(-c3nc(-c4ccccc4)nc(-c4cccc5oc6ccc(-c7ccc(-c8ccc9c(c8)sc8ccccc89)c8oc9ccccc9c78)cc6c45)n3)cc21. The molecule has 0 spiro atoms. The summed E-state index contributed by atoms with van der Waals surface area (Å²) in [7, 11) is 0. The Morgan fingerprint density at radius 3 is 1.91 bits per heavy atom. The first kappa shape index (κ1) is 37.2. The lowest BCUT2D eigenvalue weighted by Crippen LogP contribution is -2.15. The summed E-state index contributed by atoms with van der Waals surface area (Å²) in [6, 6.07) is 66.5. The van der Waals surface area contributed by atoms with E-state index in [-0.39, 0.29) is 5.41 Å². The second-order valence-corrected chi connectivity index (χ2v) is 19.0. The van der Waals surface area contributed by atoms with Gasteiger partial charge in [0.2, 0.25) is 0 Å². The first-order valence-corrected chi connectivity index (χ1v) is 23.1. The van der Waals surface area contributed by atoms with Gasteiger partial charge in [0.15, 0.2) is 17.5 Å². The van der Waals surface area contributed by atoms with Crippen molar-refractivity contribution >= 4 is 75.4 Å². The number of rotatable bonds is 5. The number of furan rings is 2. The molecule has 1 aliphatic carbocycles. The molecule has 66 heavy (non-hydrogen) atoms. The minimum absolute atomic E-state index is 0.165. The van der Waals surface area contributed by atoms with E-state index in [0.717, 1.165) is 82.8 Å². The van der Waals surface area contributed by atoms with Crippen molar-refractivity contribution in [2.75, 3.05) is 0 Å². The maximum absolute atomic E-state index is 6.80. The molecule has 0 bridgehead atoms. The highest BCUT2D eigenvalue weighted by Crippen LogP contribution is 2.50. The largest absolute Gasteiger partial charge is 0.456 e. The molecule has 14 rings (SSSR count). The lowest BCUT2D eigenvalue weighted by atomic mass is 9.82. The molecule has 0 radical (unpaired) electrons. The van der Waals surface area contributed by atoms with Crippen LogP contribution < -0.4 is 0 Å². The van der Waals surface area contributed by atoms with Crippen molar-refractivity contribution in [3.8, 4) is 67.5 Å². The summed E-state index contributed by atoms with van der Waals surface area (Å²) in [6.07, 6.45) is 0. The fraction of sp³-hybridized carbons (Fsp3) is 0.0500. The van der Waals surface area contributed by atoms with E-state index in [1.165, 1.54) is 42.4 Å². The van der Waals surface area contributed by atoms with Crippen LogP contribution in [-0.2, 0) is 5.41 Å². The second-order valence-electron chi connectivity index (χ2n) is 17.9. The molecule has 5 nitrogen and oxygen atoms in total. The Kier molecular flexibility index (Phi) is 7.84. The van der Waals surface area contributed by atoms with E-state index in [1.807, 2.05) is 47.7 Å². The van der Waals surface area contributed by atoms with Crippen LogP contribution in [0.5, 0.6) is 0 Å². The standard InChI is InChI=1S/C60H37N3O2S/c1-60(2)47-19-9-6-15-40(47)41-26-24-37(32-48(41)60)58-61-57(34-13-4-3-5-14-34)62-59(63-58)45-18-12-21-51-54(45)46-31-35(25-30-50(46)64-51)38-28-29-39(56-55(38)44-17-7-10-20-49(44)65-56)36-23-27-43-42-16-8-11-22-52(42)66-53(43)33-36/h3-33H,1-2H3. The van der Waals surface area contributed by atoms with Gasteiger partial charge >= 0.3 is 0 Å². The average Bonchev–Trinajstić information content (AvgIpc) is 4.11. The number of fused-ring (bicyclic) bond motifs is 12. The van der Waals surface area contributed by atoms with Crippen LogP contribution in [0.25, 0.3) is 132 Å². The van der Waals surface area contributed by atoms with E-state index in [0.29, 0.717) is 17.5 Å². The summed E-state index contributed by atoms with van der Waals surface area (Å²) in [4.78, 5) is 15.7. The van der Waals surface area contributed by atoms with E-state index in [2.05, 4.69) is 166 Å². The van der Waals surface area contributed by atoms with Crippen LogP contribution in [0.4, 0.5) is 0 Å². The molecular weight excluding hydrogens is 827 g/mol. The van der Waals surface area contributed by atoms with Gasteiger partial charge in [0, 0.05) is 69.4 Å². The number of hydrogen-bond acceptors (Lipinski definition) is 6. The molecule has 1 aliphatic rings. The van der Waals surface area contributed by atoms with E-state index < -0.39 is 0 Å². The lowest BCUT2D eigenvalue weighted by Gasteiger charge is -2.21. The second kappa shape index (κ2) is 13.9. The van der Waals surface area contributed by atoms with E-state index in [1.54, 1.807) is 0 Å². The Morgan fingerprint density at radius 1 is 0.364 bits per heavy atom. The topological polar surface area (TPSA) is 65.0 Å². The predicted molar refractivity (Wildman–Crippen MR) is 272 cm³/mol. The normalized spacial score (nSPS) is 13.1. The quantitative estimate of drug-likeness (QED) is 0.172. The van der Waals surface area contributed by atoms with Gasteiger partial charge < -0.3 is 8.83 Å². The van der Waals surface area contributed by atoms with Gasteiger partial charge in [0.1, 0.15) is 22.3 Å². The van der Waals surface area contributed by atoms with Crippen LogP contribution in [0.2, 0.25) is 0 Å². The van der Waals surface area contributed by atoms with Crippen molar-refractivity contribution in [1.82, 2.24) is 15.0 Å². The molecule has 0 atom stereocenters. The Labute approximate surface area is 383 Å². The van der Waals surface area contributed by atoms with Crippen molar-refractivity contribution in [3.05, 3.63) is 199 Å². The number of hydrogen-bond donors (Lipinski definition) is 0. The Morgan fingerprint density at radius 2 is 1.00 bits per heavy atom. The molecule has 4 aromatic heterocycles. The van der Waals surface area contributed by atoms with Crippen molar-refractivity contribution < 1.29 is 8.83 Å². The number of benzene rings is 9. The van der Waals surface area contributed by atoms with Crippen LogP contribution in [0.15, 0.2) is 197 Å². The zero-order valence-corrected chi connectivity index (χ0v) is 36.8. The third kappa shape index (κ3) is 5.49. The summed E-state index contributed by atoms with van der Waals surface area (Å²) in [5.74, 6) is 1.83. The molecule has 310 valence electrons. The van der Waals surface area contributed by atoms with Gasteiger partial charge in [0.05, 0.1) is 0 Å². The van der Waals surface area contributed by atoms with Crippen molar-refractivity contribution in [2.45, 2.75) is 19.3 Å². The van der Waals surface area contributed by atoms with Gasteiger partial charge in [-0.25, -0.2) is 15.0 Å². The first-order chi connectivity index (χ1) is 32.4. The zero-order valence-electron chi connectivity index (χ0n) is 36.0. The van der Waals surface area contributed by atoms with Crippen LogP contribution in [0, 0.1) is 0 Å². The van der Waals surface area contributed by atoms with Gasteiger partial charge in [-0.2, -0.15) is 0 Å². The number of para-hydroxylation sites is 1. The molecular formula is C60H37N3O2S. The monoisotopic (exact) mass is 863 g/mol. The van der Waals surface area contributed by atoms with Crippen molar-refractivity contribution in [3.63, 3.8) is 0 Å². The Balaban J connectivity index is 0.944. The summed E-state index contributed by atoms with van der Waals surface area (Å²) in [5.41, 5.74) is 15.4. The fourth-order valence-corrected chi connectivity index (χ4v) is 11.7. The molecule has 0 N–H and O–H groups in total. The minimum Gasteiger partial charge on any atom is -0.456 e. The van der Waals surface area contributed by atoms with Gasteiger partial charge in [-0.1, -0.05) is 153 Å². The van der Waals surface area contributed by atoms with Gasteiger partial charge in [-0.3, -0.25) is 0 Å². The summed E-state index contributed by atoms with van der Waals surface area (Å²) >= 11 is 1.83. The van der Waals surface area contributed by atoms with E-state index in [4.69, 9.17) is 23.8 Å². The molecule has 9 aromatic carbocycles. The molecule has 0 saturated heterocycles. The Bertz CT molecular complexity index is 4160. The van der Waals surface area contributed by atoms with Crippen molar-refractivity contribution in [1.29, 1.82) is 0 Å². The smallest absolute Gasteiger partial charge is 0.164 e. The first-order valence-electron chi connectivity index (χ1n) is 22.3. The number of aromatic nitrogens is 3. The predicted octanol–water partition coefficient (Wildman–Crippen LogP) is 16.7. The molecule has 0 aliphatic heterocycles. The fourth-order valence-electron chi connectivity index (χ4n) is 10.6. The van der Waals surface area contributed by atoms with Gasteiger partial charge in [-0.05, 0) is 87.5 Å². The highest BCUT2D eigenvalue weighted by molar-refractivity contribution is 7.25. The average molecular weight is 864 g/mol. The third-order valence-corrected chi connectivity index (χ3v) is 14.9. The number of thiophene rings is 1. The molecule has 6 heteroatoms. The maximum Gasteiger partial charge on any atom is 0.164 e. The minimum atomic E-state index is -0.165. The molecule has 0 saturated carbocycles. The van der Waals surface area contributed by atoms with E-state index in [9.17, 15) is 0 Å². The molecule has 4 heterocycles. The highest BCUT2D eigenvalue weighted by atomic mass is 32.1. The molecule has 0 unspecified atom stereocenters. The molecule has 0 fully saturated rings.